The van der Waals surface area contributed by atoms with E-state index in [4.69, 9.17) is 0 Å². The molecule has 0 unspecified atom stereocenters. The van der Waals surface area contributed by atoms with Crippen LogP contribution in [0.1, 0.15) is 46.1 Å². The maximum Gasteiger partial charge on any atom is 0.418 e. The second kappa shape index (κ2) is 7.35. The molecule has 1 atom stereocenters. The number of fused-ring (bicyclic) bond motifs is 1. The molecule has 0 radical (unpaired) electrons. The number of hydrogen-bond donors (Lipinski definition) is 0. The van der Waals surface area contributed by atoms with E-state index in [0.717, 1.165) is 35.6 Å². The Bertz CT molecular complexity index is 1040. The van der Waals surface area contributed by atoms with Gasteiger partial charge in [-0.25, -0.2) is 4.68 Å². The number of alkyl halides is 3. The fraction of sp³-hybridized carbons (Fsp3) is 0.286. The highest BCUT2D eigenvalue weighted by atomic mass is 19.4. The summed E-state index contributed by atoms with van der Waals surface area (Å²) in [7, 11) is 1.69. The lowest BCUT2D eigenvalue weighted by Gasteiger charge is -2.32. The maximum atomic E-state index is 13.3. The monoisotopic (exact) mass is 400 g/mol. The van der Waals surface area contributed by atoms with Crippen molar-refractivity contribution in [3.05, 3.63) is 77.1 Å². The first kappa shape index (κ1) is 19.2. The molecule has 1 aromatic heterocycles. The zero-order valence-corrected chi connectivity index (χ0v) is 15.7. The van der Waals surface area contributed by atoms with Gasteiger partial charge in [-0.2, -0.15) is 13.2 Å². The number of para-hydroxylation sites is 1. The third-order valence-corrected chi connectivity index (χ3v) is 5.29. The van der Waals surface area contributed by atoms with Crippen molar-refractivity contribution in [3.8, 4) is 5.69 Å². The van der Waals surface area contributed by atoms with Crippen molar-refractivity contribution in [2.45, 2.75) is 31.5 Å². The summed E-state index contributed by atoms with van der Waals surface area (Å²) in [5.41, 5.74) is 1.32. The summed E-state index contributed by atoms with van der Waals surface area (Å²) in [6.07, 6.45) is -0.526. The predicted octanol–water partition coefficient (Wildman–Crippen LogP) is 4.44. The van der Waals surface area contributed by atoms with Crippen molar-refractivity contribution in [3.63, 3.8) is 0 Å². The van der Waals surface area contributed by atoms with Crippen LogP contribution in [0.3, 0.4) is 0 Å². The summed E-state index contributed by atoms with van der Waals surface area (Å²) in [6.45, 7) is 0. The largest absolute Gasteiger partial charge is 0.418 e. The van der Waals surface area contributed by atoms with Crippen LogP contribution in [-0.4, -0.2) is 32.8 Å². The van der Waals surface area contributed by atoms with Crippen LogP contribution < -0.4 is 0 Å². The van der Waals surface area contributed by atoms with Crippen LogP contribution in [0.25, 0.3) is 5.69 Å². The van der Waals surface area contributed by atoms with Gasteiger partial charge in [0.05, 0.1) is 23.5 Å². The Balaban J connectivity index is 1.62. The van der Waals surface area contributed by atoms with Crippen molar-refractivity contribution in [1.29, 1.82) is 0 Å². The molecule has 0 N–H and O–H groups in total. The Morgan fingerprint density at radius 1 is 1.14 bits per heavy atom. The lowest BCUT2D eigenvalue weighted by atomic mass is 9.87. The average molecular weight is 400 g/mol. The number of benzene rings is 2. The predicted molar refractivity (Wildman–Crippen MR) is 101 cm³/mol. The molecule has 4 rings (SSSR count). The normalized spacial score (nSPS) is 16.3. The molecule has 0 bridgehead atoms. The Morgan fingerprint density at radius 2 is 1.86 bits per heavy atom. The highest BCUT2D eigenvalue weighted by Gasteiger charge is 2.34. The minimum Gasteiger partial charge on any atom is -0.333 e. The van der Waals surface area contributed by atoms with Gasteiger partial charge in [0.25, 0.3) is 5.91 Å². The maximum absolute atomic E-state index is 13.3. The Morgan fingerprint density at radius 3 is 2.66 bits per heavy atom. The third kappa shape index (κ3) is 3.62. The molecule has 3 aromatic rings. The molecule has 0 saturated carbocycles. The number of aryl methyl sites for hydroxylation is 1. The first-order valence-electron chi connectivity index (χ1n) is 9.30. The average Bonchev–Trinajstić information content (AvgIpc) is 3.22. The van der Waals surface area contributed by atoms with Gasteiger partial charge in [0, 0.05) is 7.05 Å². The Hall–Kier alpha value is -3.16. The molecule has 0 aliphatic heterocycles. The van der Waals surface area contributed by atoms with Crippen LogP contribution in [0.5, 0.6) is 0 Å². The number of carbonyl (C=O) groups excluding carboxylic acids is 1. The van der Waals surface area contributed by atoms with E-state index in [9.17, 15) is 18.0 Å². The highest BCUT2D eigenvalue weighted by molar-refractivity contribution is 5.92. The first-order chi connectivity index (χ1) is 13.9. The molecule has 1 aliphatic carbocycles. The van der Waals surface area contributed by atoms with Crippen LogP contribution in [-0.2, 0) is 12.6 Å². The van der Waals surface area contributed by atoms with Gasteiger partial charge in [0.2, 0.25) is 0 Å². The minimum atomic E-state index is -4.53. The number of halogens is 3. The van der Waals surface area contributed by atoms with Crippen molar-refractivity contribution in [2.75, 3.05) is 7.05 Å². The second-order valence-electron chi connectivity index (χ2n) is 7.09. The fourth-order valence-electron chi connectivity index (χ4n) is 3.85. The summed E-state index contributed by atoms with van der Waals surface area (Å²) < 4.78 is 40.8. The number of carbonyl (C=O) groups is 1. The lowest BCUT2D eigenvalue weighted by Crippen LogP contribution is -2.33. The van der Waals surface area contributed by atoms with E-state index >= 15 is 0 Å². The Kier molecular flexibility index (Phi) is 4.86. The molecule has 5 nitrogen and oxygen atoms in total. The van der Waals surface area contributed by atoms with E-state index in [1.807, 2.05) is 18.2 Å². The number of amides is 1. The van der Waals surface area contributed by atoms with Gasteiger partial charge < -0.3 is 4.90 Å². The van der Waals surface area contributed by atoms with Crippen molar-refractivity contribution in [1.82, 2.24) is 19.9 Å². The van der Waals surface area contributed by atoms with Gasteiger partial charge in [0.15, 0.2) is 5.69 Å². The van der Waals surface area contributed by atoms with E-state index in [1.165, 1.54) is 30.0 Å². The van der Waals surface area contributed by atoms with Gasteiger partial charge >= 0.3 is 6.18 Å². The molecule has 0 saturated heterocycles. The fourth-order valence-corrected chi connectivity index (χ4v) is 3.85. The Labute approximate surface area is 165 Å². The molecule has 1 amide bonds. The van der Waals surface area contributed by atoms with Gasteiger partial charge in [0.1, 0.15) is 0 Å². The highest BCUT2D eigenvalue weighted by Crippen LogP contribution is 2.35. The molecular formula is C21H19F3N4O. The molecule has 150 valence electrons. The van der Waals surface area contributed by atoms with E-state index < -0.39 is 11.7 Å². The van der Waals surface area contributed by atoms with Crippen molar-refractivity contribution >= 4 is 5.91 Å². The van der Waals surface area contributed by atoms with Crippen LogP contribution in [0, 0.1) is 0 Å². The summed E-state index contributed by atoms with van der Waals surface area (Å²) in [5.74, 6) is -0.373. The van der Waals surface area contributed by atoms with E-state index in [-0.39, 0.29) is 23.3 Å². The van der Waals surface area contributed by atoms with Crippen molar-refractivity contribution < 1.29 is 18.0 Å². The number of aromatic nitrogens is 3. The topological polar surface area (TPSA) is 51.0 Å². The second-order valence-corrected chi connectivity index (χ2v) is 7.09. The van der Waals surface area contributed by atoms with Crippen molar-refractivity contribution in [2.24, 2.45) is 0 Å². The van der Waals surface area contributed by atoms with E-state index in [1.54, 1.807) is 11.9 Å². The molecule has 29 heavy (non-hydrogen) atoms. The van der Waals surface area contributed by atoms with E-state index in [2.05, 4.69) is 16.4 Å². The summed E-state index contributed by atoms with van der Waals surface area (Å²) >= 11 is 0. The van der Waals surface area contributed by atoms with Gasteiger partial charge in [-0.1, -0.05) is 41.6 Å². The lowest BCUT2D eigenvalue weighted by molar-refractivity contribution is -0.137. The quantitative estimate of drug-likeness (QED) is 0.653. The first-order valence-corrected chi connectivity index (χ1v) is 9.30. The van der Waals surface area contributed by atoms with Gasteiger partial charge in [-0.3, -0.25) is 4.79 Å². The van der Waals surface area contributed by atoms with Gasteiger partial charge in [-0.05, 0) is 42.5 Å². The SMILES string of the molecule is CN(C(=O)c1cn(-c2ccccc2C(F)(F)F)nn1)[C@@H]1CCCc2ccccc21. The molecule has 0 fully saturated rings. The zero-order valence-electron chi connectivity index (χ0n) is 15.7. The smallest absolute Gasteiger partial charge is 0.333 e. The molecule has 2 aromatic carbocycles. The summed E-state index contributed by atoms with van der Waals surface area (Å²) in [6, 6.07) is 13.0. The van der Waals surface area contributed by atoms with Crippen LogP contribution in [0.4, 0.5) is 13.2 Å². The number of rotatable bonds is 3. The van der Waals surface area contributed by atoms with Crippen LogP contribution >= 0.6 is 0 Å². The molecule has 1 heterocycles. The zero-order chi connectivity index (χ0) is 20.6. The number of nitrogens with zero attached hydrogens (tertiary/aromatic N) is 4. The van der Waals surface area contributed by atoms with Crippen LogP contribution in [0.2, 0.25) is 0 Å². The summed E-state index contributed by atoms with van der Waals surface area (Å²) in [5, 5.41) is 7.61. The number of hydrogen-bond acceptors (Lipinski definition) is 3. The summed E-state index contributed by atoms with van der Waals surface area (Å²) in [4.78, 5) is 14.6. The third-order valence-electron chi connectivity index (χ3n) is 5.29. The van der Waals surface area contributed by atoms with Crippen LogP contribution in [0.15, 0.2) is 54.7 Å². The minimum absolute atomic E-state index is 0.00697. The molecular weight excluding hydrogens is 381 g/mol. The molecule has 8 heteroatoms. The molecule has 1 aliphatic rings. The standard InChI is InChI=1S/C21H19F3N4O/c1-27(18-12-6-8-14-7-2-3-9-15(14)18)20(29)17-13-28(26-25-17)19-11-5-4-10-16(19)21(22,23)24/h2-5,7,9-11,13,18H,6,8,12H2,1H3/t18-/m1/s1. The van der Waals surface area contributed by atoms with Gasteiger partial charge in [-0.15, -0.1) is 5.10 Å². The molecule has 0 spiro atoms. The van der Waals surface area contributed by atoms with E-state index in [0.29, 0.717) is 0 Å².